The van der Waals surface area contributed by atoms with E-state index < -0.39 is 82.8 Å². The van der Waals surface area contributed by atoms with E-state index in [2.05, 4.69) is 10.9 Å². The van der Waals surface area contributed by atoms with E-state index in [4.69, 9.17) is 18.8 Å². The average molecular weight is 941 g/mol. The lowest BCUT2D eigenvalue weighted by atomic mass is 9.74. The molecule has 1 heterocycles. The number of rotatable bonds is 13. The van der Waals surface area contributed by atoms with Crippen molar-refractivity contribution >= 4 is 48.8 Å². The van der Waals surface area contributed by atoms with Gasteiger partial charge < -0.3 is 28.8 Å². The molecule has 4 aromatic carbocycles. The Balaban J connectivity index is 1.30. The molecule has 1 aliphatic heterocycles. The van der Waals surface area contributed by atoms with Crippen molar-refractivity contribution in [1.82, 2.24) is 20.9 Å². The van der Waals surface area contributed by atoms with E-state index in [1.165, 1.54) is 25.3 Å². The summed E-state index contributed by atoms with van der Waals surface area (Å²) in [5.74, 6) is -5.00. The summed E-state index contributed by atoms with van der Waals surface area (Å²) in [4.78, 5) is 55.3. The van der Waals surface area contributed by atoms with Crippen LogP contribution in [0.4, 0.5) is 8.78 Å². The molecule has 18 heteroatoms. The Hall–Kier alpha value is -5.49. The van der Waals surface area contributed by atoms with Crippen LogP contribution in [0, 0.1) is 32.4 Å². The van der Waals surface area contributed by atoms with Crippen LogP contribution < -0.4 is 21.8 Å². The number of carbonyl (C=O) groups excluding carboxylic acids is 4. The number of nitrogens with zero attached hydrogens (tertiary/aromatic N) is 2. The Bertz CT molecular complexity index is 2540. The second kappa shape index (κ2) is 20.6. The Morgan fingerprint density at radius 3 is 1.62 bits per heavy atom. The van der Waals surface area contributed by atoms with Crippen molar-refractivity contribution in [2.24, 2.45) is 0 Å². The Morgan fingerprint density at radius 1 is 0.691 bits per heavy atom. The molecule has 4 N–H and O–H groups in total. The molecule has 0 spiro atoms. The minimum Gasteiger partial charge on any atom is -0.423 e. The fourth-order valence-electron chi connectivity index (χ4n) is 7.75. The van der Waals surface area contributed by atoms with E-state index in [1.54, 1.807) is 78.8 Å². The molecule has 1 saturated heterocycles. The molecule has 0 aromatic heterocycles. The summed E-state index contributed by atoms with van der Waals surface area (Å²) in [6.07, 6.45) is 0.266. The standard InChI is InChI=1S/C50H64B2F2N4O10/c1-29-21-30(2)24-35(23-29)45(61)57(47(4,5)6)55-43(59)37-18-16-34(39(41(37)53)51(63)64)28-66-20-19-32-22-31(3)25-36(26-32)46(62)58(48(7,8)9)56-44(60)38-17-15-33(27-65-14)40(42(38)54)52-67-49(10,11)50(12,13)68-52/h15-18,21-26,63-64H,19-20,27-28H2,1-14H3,(H,55,59)(H,56,60). The van der Waals surface area contributed by atoms with Crippen molar-refractivity contribution in [1.29, 1.82) is 0 Å². The summed E-state index contributed by atoms with van der Waals surface area (Å²) in [5, 5.41) is 22.8. The molecule has 364 valence electrons. The fourth-order valence-corrected chi connectivity index (χ4v) is 7.75. The number of ether oxygens (including phenoxy) is 2. The maximum absolute atomic E-state index is 16.5. The van der Waals surface area contributed by atoms with Crippen molar-refractivity contribution in [3.63, 3.8) is 0 Å². The third-order valence-electron chi connectivity index (χ3n) is 11.9. The van der Waals surface area contributed by atoms with Gasteiger partial charge in [0.05, 0.1) is 53.2 Å². The highest BCUT2D eigenvalue weighted by Gasteiger charge is 2.53. The Kier molecular flexibility index (Phi) is 16.2. The van der Waals surface area contributed by atoms with Crippen LogP contribution in [-0.4, -0.2) is 93.9 Å². The first-order valence-corrected chi connectivity index (χ1v) is 22.4. The highest BCUT2D eigenvalue weighted by atomic mass is 19.1. The topological polar surface area (TPSA) is 176 Å². The average Bonchev–Trinajstić information content (AvgIpc) is 3.43. The maximum Gasteiger partial charge on any atom is 0.498 e. The van der Waals surface area contributed by atoms with Crippen molar-refractivity contribution < 1.29 is 56.8 Å². The molecule has 68 heavy (non-hydrogen) atoms. The van der Waals surface area contributed by atoms with Crippen LogP contribution in [0.1, 0.15) is 144 Å². The van der Waals surface area contributed by atoms with E-state index in [-0.39, 0.29) is 48.4 Å². The number of halogens is 2. The molecular weight excluding hydrogens is 876 g/mol. The van der Waals surface area contributed by atoms with Crippen molar-refractivity contribution in [3.8, 4) is 0 Å². The van der Waals surface area contributed by atoms with E-state index in [1.807, 2.05) is 53.7 Å². The van der Waals surface area contributed by atoms with Crippen LogP contribution in [0.15, 0.2) is 60.7 Å². The molecular formula is C50H64B2F2N4O10. The van der Waals surface area contributed by atoms with Gasteiger partial charge in [-0.1, -0.05) is 41.0 Å². The van der Waals surface area contributed by atoms with E-state index >= 15 is 8.78 Å². The van der Waals surface area contributed by atoms with Gasteiger partial charge in [-0.2, -0.15) is 0 Å². The van der Waals surface area contributed by atoms with E-state index in [0.29, 0.717) is 16.7 Å². The number of amides is 4. The first-order chi connectivity index (χ1) is 31.5. The quantitative estimate of drug-likeness (QED) is 0.0713. The minimum absolute atomic E-state index is 0.0253. The monoisotopic (exact) mass is 940 g/mol. The lowest BCUT2D eigenvalue weighted by molar-refractivity contribution is 0.00578. The molecule has 0 unspecified atom stereocenters. The molecule has 0 radical (unpaired) electrons. The van der Waals surface area contributed by atoms with Gasteiger partial charge in [0.1, 0.15) is 11.6 Å². The van der Waals surface area contributed by atoms with E-state index in [9.17, 15) is 29.2 Å². The SMILES string of the molecule is COCc1ccc(C(=O)NN(C(=O)c2cc(C)cc(CCOCc3ccc(C(=O)NN(C(=O)c4cc(C)cc(C)c4)C(C)(C)C)c(F)c3B(O)O)c2)C(C)(C)C)c(F)c1B1OC(C)(C)C(C)(C)O1. The molecule has 0 atom stereocenters. The molecule has 0 aliphatic carbocycles. The third-order valence-corrected chi connectivity index (χ3v) is 11.9. The summed E-state index contributed by atoms with van der Waals surface area (Å²) in [6, 6.07) is 15.8. The molecule has 0 saturated carbocycles. The molecule has 4 amide bonds. The van der Waals surface area contributed by atoms with Crippen LogP contribution in [0.3, 0.4) is 0 Å². The first kappa shape index (κ1) is 53.5. The number of carbonyl (C=O) groups is 4. The lowest BCUT2D eigenvalue weighted by Gasteiger charge is -2.35. The Labute approximate surface area is 398 Å². The fraction of sp³-hybridized carbons (Fsp3) is 0.440. The zero-order chi connectivity index (χ0) is 50.8. The van der Waals surface area contributed by atoms with Crippen LogP contribution in [0.2, 0.25) is 0 Å². The zero-order valence-electron chi connectivity index (χ0n) is 41.6. The third kappa shape index (κ3) is 12.0. The molecule has 4 aromatic rings. The second-order valence-electron chi connectivity index (χ2n) is 20.3. The smallest absolute Gasteiger partial charge is 0.423 e. The zero-order valence-corrected chi connectivity index (χ0v) is 41.6. The number of methoxy groups -OCH3 is 1. The van der Waals surface area contributed by atoms with Gasteiger partial charge >= 0.3 is 14.2 Å². The van der Waals surface area contributed by atoms with Crippen LogP contribution in [0.25, 0.3) is 0 Å². The molecule has 1 fully saturated rings. The highest BCUT2D eigenvalue weighted by Crippen LogP contribution is 2.37. The highest BCUT2D eigenvalue weighted by molar-refractivity contribution is 6.63. The number of benzene rings is 4. The van der Waals surface area contributed by atoms with Crippen molar-refractivity contribution in [3.05, 3.63) is 128 Å². The summed E-state index contributed by atoms with van der Waals surface area (Å²) in [5.41, 5.74) is 4.43. The van der Waals surface area contributed by atoms with Gasteiger partial charge in [0.2, 0.25) is 0 Å². The molecule has 1 aliphatic rings. The number of hydrazine groups is 2. The first-order valence-electron chi connectivity index (χ1n) is 22.4. The number of hydrogen-bond donors (Lipinski definition) is 4. The van der Waals surface area contributed by atoms with Gasteiger partial charge in [0.25, 0.3) is 23.6 Å². The largest absolute Gasteiger partial charge is 0.498 e. The van der Waals surface area contributed by atoms with Gasteiger partial charge in [-0.05, 0) is 150 Å². The molecule has 5 rings (SSSR count). The van der Waals surface area contributed by atoms with Gasteiger partial charge in [0.15, 0.2) is 0 Å². The summed E-state index contributed by atoms with van der Waals surface area (Å²) in [7, 11) is -1.97. The van der Waals surface area contributed by atoms with Gasteiger partial charge in [-0.15, -0.1) is 0 Å². The summed E-state index contributed by atoms with van der Waals surface area (Å²) in [6.45, 7) is 22.9. The van der Waals surface area contributed by atoms with Crippen molar-refractivity contribution in [2.75, 3.05) is 13.7 Å². The summed E-state index contributed by atoms with van der Waals surface area (Å²) < 4.78 is 56.1. The Morgan fingerprint density at radius 2 is 1.15 bits per heavy atom. The van der Waals surface area contributed by atoms with Crippen LogP contribution in [-0.2, 0) is 38.4 Å². The van der Waals surface area contributed by atoms with Crippen molar-refractivity contribution in [2.45, 2.75) is 132 Å². The van der Waals surface area contributed by atoms with Crippen LogP contribution >= 0.6 is 0 Å². The summed E-state index contributed by atoms with van der Waals surface area (Å²) >= 11 is 0. The number of aryl methyl sites for hydroxylation is 3. The predicted molar refractivity (Wildman–Crippen MR) is 256 cm³/mol. The minimum atomic E-state index is -2.31. The van der Waals surface area contributed by atoms with Gasteiger partial charge in [0, 0.05) is 29.2 Å². The lowest BCUT2D eigenvalue weighted by Crippen LogP contribution is -2.56. The number of hydrogen-bond acceptors (Lipinski definition) is 10. The number of nitrogens with one attached hydrogen (secondary N) is 2. The molecule has 14 nitrogen and oxygen atoms in total. The van der Waals surface area contributed by atoms with Gasteiger partial charge in [-0.25, -0.2) is 18.8 Å². The maximum atomic E-state index is 16.5. The van der Waals surface area contributed by atoms with Gasteiger partial charge in [-0.3, -0.25) is 30.0 Å². The predicted octanol–water partition coefficient (Wildman–Crippen LogP) is 5.95. The molecule has 0 bridgehead atoms. The van der Waals surface area contributed by atoms with Crippen LogP contribution in [0.5, 0.6) is 0 Å². The normalized spacial score (nSPS) is 14.4. The second-order valence-corrected chi connectivity index (χ2v) is 20.3. The van der Waals surface area contributed by atoms with E-state index in [0.717, 1.165) is 26.7 Å².